The quantitative estimate of drug-likeness (QED) is 0.475. The normalized spacial score (nSPS) is 10.8. The highest BCUT2D eigenvalue weighted by molar-refractivity contribution is 5.80. The molecule has 1 aromatic heterocycles. The summed E-state index contributed by atoms with van der Waals surface area (Å²) in [4.78, 5) is 0. The largest absolute Gasteiger partial charge is 0.497 e. The van der Waals surface area contributed by atoms with E-state index in [-0.39, 0.29) is 0 Å². The maximum Gasteiger partial charge on any atom is 0.263 e. The van der Waals surface area contributed by atoms with E-state index in [1.807, 2.05) is 31.2 Å². The molecule has 0 amide bonds. The van der Waals surface area contributed by atoms with Gasteiger partial charge in [0.2, 0.25) is 0 Å². The molecule has 7 nitrogen and oxygen atoms in total. The summed E-state index contributed by atoms with van der Waals surface area (Å²) in [5.41, 5.74) is 3.68. The first kappa shape index (κ1) is 12.9. The second-order valence-corrected chi connectivity index (χ2v) is 3.81. The molecular weight excluding hydrogens is 244 g/mol. The van der Waals surface area contributed by atoms with Gasteiger partial charge in [0.1, 0.15) is 5.75 Å². The highest BCUT2D eigenvalue weighted by Crippen LogP contribution is 2.10. The highest BCUT2D eigenvalue weighted by Gasteiger charge is 2.05. The second kappa shape index (κ2) is 5.85. The molecule has 2 rings (SSSR count). The summed E-state index contributed by atoms with van der Waals surface area (Å²) in [5.74, 6) is 7.68. The maximum atomic E-state index is 5.77. The number of anilines is 1. The van der Waals surface area contributed by atoms with Gasteiger partial charge in [-0.3, -0.25) is 0 Å². The topological polar surface area (TPSA) is 90.4 Å². The molecule has 19 heavy (non-hydrogen) atoms. The molecule has 2 aromatic rings. The summed E-state index contributed by atoms with van der Waals surface area (Å²) in [6.07, 6.45) is 2.38. The van der Waals surface area contributed by atoms with Crippen molar-refractivity contribution in [1.29, 1.82) is 0 Å². The zero-order valence-corrected chi connectivity index (χ0v) is 10.9. The van der Waals surface area contributed by atoms with Crippen LogP contribution in [0.4, 0.5) is 5.95 Å². The molecule has 0 saturated heterocycles. The van der Waals surface area contributed by atoms with Crippen LogP contribution in [0.2, 0.25) is 0 Å². The molecule has 0 saturated carbocycles. The number of nitrogens with two attached hydrogens (primary N) is 1. The number of aromatic nitrogens is 3. The third kappa shape index (κ3) is 3.01. The van der Waals surface area contributed by atoms with Crippen molar-refractivity contribution in [2.24, 2.45) is 5.10 Å². The number of hydrogen-bond acceptors (Lipinski definition) is 6. The van der Waals surface area contributed by atoms with E-state index >= 15 is 0 Å². The van der Waals surface area contributed by atoms with Crippen LogP contribution in [0.15, 0.2) is 29.4 Å². The first-order chi connectivity index (χ1) is 9.24. The monoisotopic (exact) mass is 260 g/mol. The van der Waals surface area contributed by atoms with Crippen LogP contribution >= 0.6 is 0 Å². The molecule has 0 aliphatic rings. The molecule has 1 aromatic carbocycles. The summed E-state index contributed by atoms with van der Waals surface area (Å²) in [5, 5.41) is 11.9. The van der Waals surface area contributed by atoms with Crippen molar-refractivity contribution >= 4 is 12.2 Å². The average Bonchev–Trinajstić information content (AvgIpc) is 2.80. The first-order valence-corrected chi connectivity index (χ1v) is 5.87. The second-order valence-electron chi connectivity index (χ2n) is 3.81. The molecule has 1 heterocycles. The van der Waals surface area contributed by atoms with Crippen LogP contribution in [0, 0.1) is 0 Å². The third-order valence-corrected chi connectivity index (χ3v) is 2.58. The predicted molar refractivity (Wildman–Crippen MR) is 73.8 cm³/mol. The van der Waals surface area contributed by atoms with Gasteiger partial charge in [0.05, 0.1) is 13.3 Å². The zero-order valence-electron chi connectivity index (χ0n) is 10.9. The van der Waals surface area contributed by atoms with Crippen molar-refractivity contribution in [3.8, 4) is 5.75 Å². The smallest absolute Gasteiger partial charge is 0.263 e. The fraction of sp³-hybridized carbons (Fsp3) is 0.250. The first-order valence-electron chi connectivity index (χ1n) is 5.87. The Hall–Kier alpha value is -2.57. The molecule has 0 aliphatic carbocycles. The molecule has 0 bridgehead atoms. The van der Waals surface area contributed by atoms with E-state index in [1.54, 1.807) is 13.3 Å². The Morgan fingerprint density at radius 1 is 1.37 bits per heavy atom. The minimum atomic E-state index is 0.404. The van der Waals surface area contributed by atoms with Gasteiger partial charge < -0.3 is 10.6 Å². The van der Waals surface area contributed by atoms with Crippen molar-refractivity contribution in [3.05, 3.63) is 35.7 Å². The van der Waals surface area contributed by atoms with E-state index in [2.05, 4.69) is 20.7 Å². The summed E-state index contributed by atoms with van der Waals surface area (Å²) in [7, 11) is 1.63. The van der Waals surface area contributed by atoms with Crippen molar-refractivity contribution in [2.45, 2.75) is 13.3 Å². The lowest BCUT2D eigenvalue weighted by Gasteiger charge is -2.01. The van der Waals surface area contributed by atoms with Gasteiger partial charge in [0.15, 0.2) is 5.82 Å². The van der Waals surface area contributed by atoms with Gasteiger partial charge in [-0.2, -0.15) is 5.10 Å². The van der Waals surface area contributed by atoms with Gasteiger partial charge in [-0.05, 0) is 29.8 Å². The van der Waals surface area contributed by atoms with Crippen molar-refractivity contribution in [3.63, 3.8) is 0 Å². The van der Waals surface area contributed by atoms with Crippen LogP contribution < -0.4 is 16.0 Å². The van der Waals surface area contributed by atoms with Crippen LogP contribution in [0.25, 0.3) is 0 Å². The zero-order chi connectivity index (χ0) is 13.7. The van der Waals surface area contributed by atoms with Crippen LogP contribution in [-0.2, 0) is 6.42 Å². The molecule has 0 unspecified atom stereocenters. The summed E-state index contributed by atoms with van der Waals surface area (Å²) in [6.45, 7) is 1.96. The van der Waals surface area contributed by atoms with Crippen LogP contribution in [0.1, 0.15) is 18.3 Å². The minimum Gasteiger partial charge on any atom is -0.497 e. The summed E-state index contributed by atoms with van der Waals surface area (Å²) in [6, 6.07) is 7.52. The Morgan fingerprint density at radius 2 is 2.11 bits per heavy atom. The van der Waals surface area contributed by atoms with Crippen LogP contribution in [-0.4, -0.2) is 28.2 Å². The predicted octanol–water partition coefficient (Wildman–Crippen LogP) is 1.01. The summed E-state index contributed by atoms with van der Waals surface area (Å²) >= 11 is 0. The molecule has 3 N–H and O–H groups in total. The molecule has 0 atom stereocenters. The van der Waals surface area contributed by atoms with Crippen molar-refractivity contribution in [2.75, 3.05) is 18.4 Å². The molecule has 7 heteroatoms. The van der Waals surface area contributed by atoms with E-state index in [1.165, 1.54) is 4.68 Å². The van der Waals surface area contributed by atoms with Gasteiger partial charge in [0.25, 0.3) is 5.95 Å². The van der Waals surface area contributed by atoms with Crippen LogP contribution in [0.5, 0.6) is 5.75 Å². The highest BCUT2D eigenvalue weighted by atomic mass is 16.5. The van der Waals surface area contributed by atoms with E-state index in [9.17, 15) is 0 Å². The van der Waals surface area contributed by atoms with Gasteiger partial charge in [0, 0.05) is 6.42 Å². The SMILES string of the molecule is CCc1nnc(N/N=C/c2ccc(OC)cc2)n1N. The van der Waals surface area contributed by atoms with E-state index in [4.69, 9.17) is 10.6 Å². The van der Waals surface area contributed by atoms with E-state index in [0.29, 0.717) is 18.2 Å². The van der Waals surface area contributed by atoms with Gasteiger partial charge >= 0.3 is 0 Å². The molecule has 0 fully saturated rings. The number of methoxy groups -OCH3 is 1. The Balaban J connectivity index is 2.00. The van der Waals surface area contributed by atoms with E-state index in [0.717, 1.165) is 11.3 Å². The van der Waals surface area contributed by atoms with Gasteiger partial charge in [-0.1, -0.05) is 6.92 Å². The number of rotatable bonds is 5. The fourth-order valence-electron chi connectivity index (χ4n) is 1.50. The van der Waals surface area contributed by atoms with Crippen molar-refractivity contribution < 1.29 is 4.74 Å². The minimum absolute atomic E-state index is 0.404. The number of ether oxygens (including phenoxy) is 1. The van der Waals surface area contributed by atoms with Gasteiger partial charge in [-0.25, -0.2) is 10.1 Å². The Kier molecular flexibility index (Phi) is 3.97. The van der Waals surface area contributed by atoms with Gasteiger partial charge in [-0.15, -0.1) is 10.2 Å². The molecule has 100 valence electrons. The number of aryl methyl sites for hydroxylation is 1. The lowest BCUT2D eigenvalue weighted by atomic mass is 10.2. The van der Waals surface area contributed by atoms with Crippen LogP contribution in [0.3, 0.4) is 0 Å². The summed E-state index contributed by atoms with van der Waals surface area (Å²) < 4.78 is 6.46. The number of nitrogen functional groups attached to an aromatic ring is 1. The van der Waals surface area contributed by atoms with E-state index < -0.39 is 0 Å². The average molecular weight is 260 g/mol. The third-order valence-electron chi connectivity index (χ3n) is 2.58. The molecule has 0 radical (unpaired) electrons. The maximum absolute atomic E-state index is 5.77. The number of nitrogens with one attached hydrogen (secondary N) is 1. The number of hydrazone groups is 1. The number of nitrogens with zero attached hydrogens (tertiary/aromatic N) is 4. The lowest BCUT2D eigenvalue weighted by molar-refractivity contribution is 0.415. The number of hydrogen-bond donors (Lipinski definition) is 2. The molecule has 0 aliphatic heterocycles. The van der Waals surface area contributed by atoms with Crippen molar-refractivity contribution in [1.82, 2.24) is 14.9 Å². The number of benzene rings is 1. The molecular formula is C12H16N6O. The Labute approximate surface area is 111 Å². The standard InChI is InChI=1S/C12H16N6O/c1-3-11-15-17-12(18(11)13)16-14-8-9-4-6-10(19-2)7-5-9/h4-8H,3,13H2,1-2H3,(H,16,17)/b14-8+. The Bertz CT molecular complexity index is 560. The fourth-order valence-corrected chi connectivity index (χ4v) is 1.50. The lowest BCUT2D eigenvalue weighted by Crippen LogP contribution is -2.14. The Morgan fingerprint density at radius 3 is 2.68 bits per heavy atom. The molecule has 0 spiro atoms.